The minimum absolute atomic E-state index is 0.221. The summed E-state index contributed by atoms with van der Waals surface area (Å²) >= 11 is 1.12. The van der Waals surface area contributed by atoms with Crippen LogP contribution in [0, 0.1) is 5.82 Å². The fourth-order valence-corrected chi connectivity index (χ4v) is 2.87. The molecule has 0 atom stereocenters. The zero-order valence-corrected chi connectivity index (χ0v) is 10.3. The molecule has 0 aliphatic rings. The third kappa shape index (κ3) is 2.16. The van der Waals surface area contributed by atoms with Crippen LogP contribution in [-0.4, -0.2) is 30.1 Å². The maximum Gasteiger partial charge on any atom is 0.346 e. The van der Waals surface area contributed by atoms with Crippen LogP contribution in [0.15, 0.2) is 18.2 Å². The molecule has 1 aromatic carbocycles. The van der Waals surface area contributed by atoms with Gasteiger partial charge >= 0.3 is 5.97 Å². The smallest absolute Gasteiger partial charge is 0.346 e. The standard InChI is InChI=1S/C12H12FNO2S/c1-14(2)6-7-10-8(13)4-3-5-9(10)17-11(7)12(15)16/h3-5H,6H2,1-2H3,(H,15,16). The predicted octanol–water partition coefficient (Wildman–Crippen LogP) is 2.80. The Morgan fingerprint density at radius 2 is 2.18 bits per heavy atom. The van der Waals surface area contributed by atoms with Crippen LogP contribution < -0.4 is 0 Å². The van der Waals surface area contributed by atoms with Crippen molar-refractivity contribution in [2.75, 3.05) is 14.1 Å². The van der Waals surface area contributed by atoms with Crippen molar-refractivity contribution in [1.29, 1.82) is 0 Å². The highest BCUT2D eigenvalue weighted by atomic mass is 32.1. The number of hydrogen-bond donors (Lipinski definition) is 1. The van der Waals surface area contributed by atoms with E-state index in [0.29, 0.717) is 22.2 Å². The first-order valence-electron chi connectivity index (χ1n) is 5.08. The van der Waals surface area contributed by atoms with Crippen LogP contribution in [0.5, 0.6) is 0 Å². The molecule has 2 aromatic rings. The second kappa shape index (κ2) is 4.43. The molecule has 0 aliphatic carbocycles. The number of benzene rings is 1. The van der Waals surface area contributed by atoms with Crippen LogP contribution in [0.4, 0.5) is 4.39 Å². The fraction of sp³-hybridized carbons (Fsp3) is 0.250. The van der Waals surface area contributed by atoms with E-state index in [1.807, 2.05) is 19.0 Å². The highest BCUT2D eigenvalue weighted by molar-refractivity contribution is 7.21. The second-order valence-corrected chi connectivity index (χ2v) is 5.12. The Kier molecular flexibility index (Phi) is 3.13. The Hall–Kier alpha value is -1.46. The van der Waals surface area contributed by atoms with Crippen molar-refractivity contribution in [2.45, 2.75) is 6.54 Å². The molecular formula is C12H12FNO2S. The van der Waals surface area contributed by atoms with E-state index in [1.54, 1.807) is 12.1 Å². The van der Waals surface area contributed by atoms with Crippen LogP contribution in [0.1, 0.15) is 15.2 Å². The number of hydrogen-bond acceptors (Lipinski definition) is 3. The molecule has 0 saturated heterocycles. The molecule has 0 saturated carbocycles. The van der Waals surface area contributed by atoms with E-state index >= 15 is 0 Å². The van der Waals surface area contributed by atoms with Gasteiger partial charge in [-0.05, 0) is 26.2 Å². The van der Waals surface area contributed by atoms with Crippen LogP contribution >= 0.6 is 11.3 Å². The molecule has 5 heteroatoms. The predicted molar refractivity (Wildman–Crippen MR) is 66.1 cm³/mol. The molecule has 0 fully saturated rings. The van der Waals surface area contributed by atoms with Crippen molar-refractivity contribution in [3.05, 3.63) is 34.5 Å². The number of nitrogens with zero attached hydrogens (tertiary/aromatic N) is 1. The number of rotatable bonds is 3. The summed E-state index contributed by atoms with van der Waals surface area (Å²) in [7, 11) is 3.66. The van der Waals surface area contributed by atoms with Gasteiger partial charge in [0.2, 0.25) is 0 Å². The van der Waals surface area contributed by atoms with Crippen molar-refractivity contribution < 1.29 is 14.3 Å². The molecule has 1 aromatic heterocycles. The van der Waals surface area contributed by atoms with E-state index in [2.05, 4.69) is 0 Å². The van der Waals surface area contributed by atoms with Gasteiger partial charge in [0, 0.05) is 22.2 Å². The van der Waals surface area contributed by atoms with E-state index in [1.165, 1.54) is 6.07 Å². The summed E-state index contributed by atoms with van der Waals surface area (Å²) in [5.41, 5.74) is 0.556. The minimum atomic E-state index is -0.998. The van der Waals surface area contributed by atoms with Crippen molar-refractivity contribution in [3.63, 3.8) is 0 Å². The molecule has 1 N–H and O–H groups in total. The molecule has 90 valence electrons. The molecule has 3 nitrogen and oxygen atoms in total. The molecule has 0 amide bonds. The van der Waals surface area contributed by atoms with Gasteiger partial charge in [-0.2, -0.15) is 0 Å². The van der Waals surface area contributed by atoms with Crippen molar-refractivity contribution in [2.24, 2.45) is 0 Å². The van der Waals surface area contributed by atoms with E-state index in [0.717, 1.165) is 11.3 Å². The van der Waals surface area contributed by atoms with Crippen LogP contribution in [0.2, 0.25) is 0 Å². The molecule has 0 aliphatic heterocycles. The number of halogens is 1. The van der Waals surface area contributed by atoms with E-state index in [9.17, 15) is 9.18 Å². The largest absolute Gasteiger partial charge is 0.477 e. The SMILES string of the molecule is CN(C)Cc1c(C(=O)O)sc2cccc(F)c12. The van der Waals surface area contributed by atoms with Gasteiger partial charge in [-0.1, -0.05) is 6.07 Å². The summed E-state index contributed by atoms with van der Waals surface area (Å²) < 4.78 is 14.4. The van der Waals surface area contributed by atoms with E-state index in [4.69, 9.17) is 5.11 Å². The zero-order valence-electron chi connectivity index (χ0n) is 9.53. The van der Waals surface area contributed by atoms with Crippen LogP contribution in [0.25, 0.3) is 10.1 Å². The molecule has 17 heavy (non-hydrogen) atoms. The molecule has 0 radical (unpaired) electrons. The third-order valence-corrected chi connectivity index (χ3v) is 3.62. The summed E-state index contributed by atoms with van der Waals surface area (Å²) in [4.78, 5) is 13.2. The Morgan fingerprint density at radius 1 is 1.47 bits per heavy atom. The summed E-state index contributed by atoms with van der Waals surface area (Å²) in [6, 6.07) is 4.70. The number of carbonyl (C=O) groups is 1. The molecule has 2 rings (SSSR count). The van der Waals surface area contributed by atoms with Crippen molar-refractivity contribution in [1.82, 2.24) is 4.90 Å². The Morgan fingerprint density at radius 3 is 2.76 bits per heavy atom. The first-order chi connectivity index (χ1) is 8.00. The van der Waals surface area contributed by atoms with E-state index in [-0.39, 0.29) is 10.7 Å². The highest BCUT2D eigenvalue weighted by Gasteiger charge is 2.20. The summed E-state index contributed by atoms with van der Waals surface area (Å²) in [6.07, 6.45) is 0. The van der Waals surface area contributed by atoms with Gasteiger partial charge in [-0.15, -0.1) is 11.3 Å². The lowest BCUT2D eigenvalue weighted by Crippen LogP contribution is -2.13. The second-order valence-electron chi connectivity index (χ2n) is 4.07. The van der Waals surface area contributed by atoms with Gasteiger partial charge in [0.05, 0.1) is 0 Å². The molecular weight excluding hydrogens is 241 g/mol. The topological polar surface area (TPSA) is 40.5 Å². The summed E-state index contributed by atoms with van der Waals surface area (Å²) in [5.74, 6) is -1.36. The fourth-order valence-electron chi connectivity index (χ4n) is 1.81. The van der Waals surface area contributed by atoms with Gasteiger partial charge in [0.15, 0.2) is 0 Å². The summed E-state index contributed by atoms with van der Waals surface area (Å²) in [6.45, 7) is 0.419. The lowest BCUT2D eigenvalue weighted by molar-refractivity contribution is 0.0700. The lowest BCUT2D eigenvalue weighted by Gasteiger charge is -2.09. The van der Waals surface area contributed by atoms with Gasteiger partial charge in [-0.25, -0.2) is 9.18 Å². The average molecular weight is 253 g/mol. The minimum Gasteiger partial charge on any atom is -0.477 e. The van der Waals surface area contributed by atoms with Gasteiger partial charge in [0.25, 0.3) is 0 Å². The first-order valence-corrected chi connectivity index (χ1v) is 5.90. The number of fused-ring (bicyclic) bond motifs is 1. The molecule has 0 bridgehead atoms. The Labute approximate surface area is 102 Å². The first kappa shape index (κ1) is 12.0. The lowest BCUT2D eigenvalue weighted by atomic mass is 10.1. The Bertz CT molecular complexity index is 577. The number of carboxylic acid groups (broad SMARTS) is 1. The number of thiophene rings is 1. The van der Waals surface area contributed by atoms with Crippen LogP contribution in [0.3, 0.4) is 0 Å². The van der Waals surface area contributed by atoms with E-state index < -0.39 is 5.97 Å². The maximum atomic E-state index is 13.8. The summed E-state index contributed by atoms with van der Waals surface area (Å²) in [5, 5.41) is 9.57. The quantitative estimate of drug-likeness (QED) is 0.914. The van der Waals surface area contributed by atoms with Crippen molar-refractivity contribution in [3.8, 4) is 0 Å². The zero-order chi connectivity index (χ0) is 12.6. The maximum absolute atomic E-state index is 13.8. The van der Waals surface area contributed by atoms with Gasteiger partial charge < -0.3 is 10.0 Å². The Balaban J connectivity index is 2.73. The molecule has 0 spiro atoms. The van der Waals surface area contributed by atoms with Crippen molar-refractivity contribution >= 4 is 27.4 Å². The third-order valence-electron chi connectivity index (χ3n) is 2.43. The molecule has 1 heterocycles. The molecule has 0 unspecified atom stereocenters. The average Bonchev–Trinajstić information content (AvgIpc) is 2.57. The highest BCUT2D eigenvalue weighted by Crippen LogP contribution is 2.33. The van der Waals surface area contributed by atoms with Crippen LogP contribution in [-0.2, 0) is 6.54 Å². The van der Waals surface area contributed by atoms with Gasteiger partial charge in [-0.3, -0.25) is 0 Å². The monoisotopic (exact) mass is 253 g/mol. The van der Waals surface area contributed by atoms with Gasteiger partial charge in [0.1, 0.15) is 10.7 Å². The number of aromatic carboxylic acids is 1. The number of carboxylic acids is 1. The normalized spacial score (nSPS) is 11.3.